The lowest BCUT2D eigenvalue weighted by atomic mass is 9.89. The van der Waals surface area contributed by atoms with Gasteiger partial charge in [0.2, 0.25) is 11.8 Å². The molecule has 0 saturated carbocycles. The number of carbonyl (C=O) groups excluding carboxylic acids is 2. The van der Waals surface area contributed by atoms with Gasteiger partial charge in [0.05, 0.1) is 0 Å². The normalized spacial score (nSPS) is 16.1. The van der Waals surface area contributed by atoms with Crippen molar-refractivity contribution < 1.29 is 9.59 Å². The van der Waals surface area contributed by atoms with Crippen LogP contribution in [0.4, 0.5) is 5.69 Å². The fourth-order valence-electron chi connectivity index (χ4n) is 2.67. The van der Waals surface area contributed by atoms with Crippen LogP contribution in [-0.4, -0.2) is 54.3 Å². The van der Waals surface area contributed by atoms with Crippen LogP contribution in [0.2, 0.25) is 10.0 Å². The van der Waals surface area contributed by atoms with Gasteiger partial charge < -0.3 is 15.1 Å². The predicted molar refractivity (Wildman–Crippen MR) is 97.6 cm³/mol. The third kappa shape index (κ3) is 4.41. The van der Waals surface area contributed by atoms with Gasteiger partial charge in [-0.05, 0) is 38.6 Å². The predicted octanol–water partition coefficient (Wildman–Crippen LogP) is 3.12. The van der Waals surface area contributed by atoms with E-state index in [2.05, 4.69) is 17.1 Å². The third-order valence-corrected chi connectivity index (χ3v) is 4.77. The number of anilines is 1. The Kier molecular flexibility index (Phi) is 6.12. The summed E-state index contributed by atoms with van der Waals surface area (Å²) in [6.07, 6.45) is 0. The van der Waals surface area contributed by atoms with Crippen molar-refractivity contribution in [3.8, 4) is 0 Å². The molecule has 1 fully saturated rings. The van der Waals surface area contributed by atoms with Gasteiger partial charge in [-0.2, -0.15) is 0 Å². The van der Waals surface area contributed by atoms with E-state index in [4.69, 9.17) is 23.2 Å². The monoisotopic (exact) mass is 371 g/mol. The number of carbonyl (C=O) groups is 2. The summed E-state index contributed by atoms with van der Waals surface area (Å²) in [6.45, 7) is 9.32. The maximum atomic E-state index is 12.8. The van der Waals surface area contributed by atoms with Gasteiger partial charge in [-0.25, -0.2) is 0 Å². The summed E-state index contributed by atoms with van der Waals surface area (Å²) in [6, 6.07) is 4.79. The van der Waals surface area contributed by atoms with Crippen molar-refractivity contribution in [3.05, 3.63) is 28.2 Å². The van der Waals surface area contributed by atoms with Gasteiger partial charge in [0.25, 0.3) is 0 Å². The van der Waals surface area contributed by atoms with Gasteiger partial charge in [0.15, 0.2) is 0 Å². The molecule has 0 unspecified atom stereocenters. The van der Waals surface area contributed by atoms with Gasteiger partial charge in [-0.3, -0.25) is 9.59 Å². The Morgan fingerprint density at radius 2 is 1.62 bits per heavy atom. The first kappa shape index (κ1) is 19.0. The van der Waals surface area contributed by atoms with Gasteiger partial charge in [0.1, 0.15) is 5.41 Å². The molecule has 1 aliphatic heterocycles. The highest BCUT2D eigenvalue weighted by Gasteiger charge is 2.40. The molecule has 1 aromatic carbocycles. The van der Waals surface area contributed by atoms with Crippen LogP contribution in [0.1, 0.15) is 20.8 Å². The quantitative estimate of drug-likeness (QED) is 0.827. The zero-order chi connectivity index (χ0) is 17.9. The Labute approximate surface area is 152 Å². The molecule has 5 nitrogen and oxygen atoms in total. The van der Waals surface area contributed by atoms with Crippen LogP contribution in [0.15, 0.2) is 18.2 Å². The lowest BCUT2D eigenvalue weighted by molar-refractivity contribution is -0.147. The van der Waals surface area contributed by atoms with Crippen LogP contribution in [0.5, 0.6) is 0 Å². The summed E-state index contributed by atoms with van der Waals surface area (Å²) in [5, 5.41) is 3.59. The van der Waals surface area contributed by atoms with Crippen LogP contribution in [-0.2, 0) is 9.59 Å². The average Bonchev–Trinajstić information content (AvgIpc) is 2.53. The summed E-state index contributed by atoms with van der Waals surface area (Å²) >= 11 is 11.9. The molecule has 1 N–H and O–H groups in total. The highest BCUT2D eigenvalue weighted by molar-refractivity contribution is 6.35. The van der Waals surface area contributed by atoms with E-state index in [0.29, 0.717) is 28.8 Å². The molecular weight excluding hydrogens is 349 g/mol. The second-order valence-corrected chi connectivity index (χ2v) is 7.34. The second-order valence-electron chi connectivity index (χ2n) is 6.46. The number of hydrogen-bond donors (Lipinski definition) is 1. The maximum Gasteiger partial charge on any atom is 0.239 e. The average molecular weight is 372 g/mol. The van der Waals surface area contributed by atoms with Crippen molar-refractivity contribution in [1.82, 2.24) is 9.80 Å². The molecule has 0 atom stereocenters. The molecule has 2 rings (SSSR count). The molecule has 24 heavy (non-hydrogen) atoms. The smallest absolute Gasteiger partial charge is 0.239 e. The van der Waals surface area contributed by atoms with Crippen molar-refractivity contribution in [2.75, 3.05) is 38.0 Å². The van der Waals surface area contributed by atoms with Gasteiger partial charge in [-0.15, -0.1) is 0 Å². The fraction of sp³-hybridized carbons (Fsp3) is 0.529. The first-order valence-corrected chi connectivity index (χ1v) is 8.79. The van der Waals surface area contributed by atoms with E-state index >= 15 is 0 Å². The summed E-state index contributed by atoms with van der Waals surface area (Å²) < 4.78 is 0. The highest BCUT2D eigenvalue weighted by atomic mass is 35.5. The molecule has 1 aromatic rings. The zero-order valence-corrected chi connectivity index (χ0v) is 15.7. The van der Waals surface area contributed by atoms with E-state index in [-0.39, 0.29) is 11.8 Å². The van der Waals surface area contributed by atoms with Crippen LogP contribution in [0.25, 0.3) is 0 Å². The minimum atomic E-state index is -1.16. The number of rotatable bonds is 4. The topological polar surface area (TPSA) is 52.7 Å². The summed E-state index contributed by atoms with van der Waals surface area (Å²) in [5.41, 5.74) is -0.683. The summed E-state index contributed by atoms with van der Waals surface area (Å²) in [4.78, 5) is 29.4. The number of nitrogens with zero attached hydrogens (tertiary/aromatic N) is 2. The van der Waals surface area contributed by atoms with E-state index < -0.39 is 5.41 Å². The first-order chi connectivity index (χ1) is 11.2. The van der Waals surface area contributed by atoms with Crippen molar-refractivity contribution in [2.45, 2.75) is 20.8 Å². The SMILES string of the molecule is CCN1CCN(C(=O)C(C)(C)C(=O)Nc2cc(Cl)cc(Cl)c2)CC1. The third-order valence-electron chi connectivity index (χ3n) is 4.33. The number of hydrogen-bond acceptors (Lipinski definition) is 3. The van der Waals surface area contributed by atoms with Crippen LogP contribution < -0.4 is 5.32 Å². The minimum Gasteiger partial charge on any atom is -0.339 e. The summed E-state index contributed by atoms with van der Waals surface area (Å²) in [7, 11) is 0. The lowest BCUT2D eigenvalue weighted by Gasteiger charge is -2.37. The van der Waals surface area contributed by atoms with Crippen LogP contribution >= 0.6 is 23.2 Å². The standard InChI is InChI=1S/C17H23Cl2N3O2/c1-4-21-5-7-22(8-6-21)16(24)17(2,3)15(23)20-14-10-12(18)9-13(19)11-14/h9-11H,4-8H2,1-3H3,(H,20,23). The number of benzene rings is 1. The Bertz CT molecular complexity index is 606. The Morgan fingerprint density at radius 1 is 1.08 bits per heavy atom. The molecule has 0 spiro atoms. The van der Waals surface area contributed by atoms with Crippen LogP contribution in [0, 0.1) is 5.41 Å². The molecule has 1 aliphatic rings. The molecule has 0 radical (unpaired) electrons. The molecule has 1 saturated heterocycles. The molecular formula is C17H23Cl2N3O2. The van der Waals surface area contributed by atoms with E-state index in [1.807, 2.05) is 0 Å². The Morgan fingerprint density at radius 3 is 2.12 bits per heavy atom. The number of likely N-dealkylation sites (N-methyl/N-ethyl adjacent to an activating group) is 1. The zero-order valence-electron chi connectivity index (χ0n) is 14.2. The van der Waals surface area contributed by atoms with E-state index in [1.165, 1.54) is 0 Å². The molecule has 1 heterocycles. The molecule has 0 aliphatic carbocycles. The number of halogens is 2. The van der Waals surface area contributed by atoms with Gasteiger partial charge in [-0.1, -0.05) is 30.1 Å². The van der Waals surface area contributed by atoms with Crippen molar-refractivity contribution in [2.24, 2.45) is 5.41 Å². The number of amides is 2. The van der Waals surface area contributed by atoms with Crippen molar-refractivity contribution >= 4 is 40.7 Å². The second kappa shape index (κ2) is 7.72. The minimum absolute atomic E-state index is 0.163. The maximum absolute atomic E-state index is 12.8. The van der Waals surface area contributed by atoms with Crippen LogP contribution in [0.3, 0.4) is 0 Å². The molecule has 2 amide bonds. The van der Waals surface area contributed by atoms with Crippen molar-refractivity contribution in [1.29, 1.82) is 0 Å². The van der Waals surface area contributed by atoms with E-state index in [0.717, 1.165) is 19.6 Å². The molecule has 132 valence electrons. The van der Waals surface area contributed by atoms with E-state index in [1.54, 1.807) is 36.9 Å². The number of piperazine rings is 1. The van der Waals surface area contributed by atoms with Crippen molar-refractivity contribution in [3.63, 3.8) is 0 Å². The van der Waals surface area contributed by atoms with Gasteiger partial charge >= 0.3 is 0 Å². The highest BCUT2D eigenvalue weighted by Crippen LogP contribution is 2.26. The Balaban J connectivity index is 2.05. The van der Waals surface area contributed by atoms with E-state index in [9.17, 15) is 9.59 Å². The fourth-order valence-corrected chi connectivity index (χ4v) is 3.20. The lowest BCUT2D eigenvalue weighted by Crippen LogP contribution is -2.54. The Hall–Kier alpha value is -1.30. The molecule has 7 heteroatoms. The molecule has 0 aromatic heterocycles. The molecule has 0 bridgehead atoms. The largest absolute Gasteiger partial charge is 0.339 e. The first-order valence-electron chi connectivity index (χ1n) is 8.03. The number of nitrogens with one attached hydrogen (secondary N) is 1. The van der Waals surface area contributed by atoms with Gasteiger partial charge in [0, 0.05) is 41.9 Å². The summed E-state index contributed by atoms with van der Waals surface area (Å²) in [5.74, 6) is -0.535.